The van der Waals surface area contributed by atoms with Crippen molar-refractivity contribution in [2.24, 2.45) is 0 Å². The van der Waals surface area contributed by atoms with Crippen molar-refractivity contribution in [1.29, 1.82) is 0 Å². The van der Waals surface area contributed by atoms with Gasteiger partial charge in [0.05, 0.1) is 0 Å². The molecular weight excluding hydrogens is 237 g/mol. The fourth-order valence-corrected chi connectivity index (χ4v) is 1.95. The van der Waals surface area contributed by atoms with E-state index in [0.29, 0.717) is 0 Å². The van der Waals surface area contributed by atoms with E-state index in [4.69, 9.17) is 0 Å². The Morgan fingerprint density at radius 2 is 2.06 bits per heavy atom. The first-order chi connectivity index (χ1) is 7.34. The SMILES string of the molecule is CC(=O)Nc1ccc(OF)c(S(C)(=O)=O)c1. The molecule has 1 amide bonds. The number of hydrogen-bond donors (Lipinski definition) is 1. The fraction of sp³-hybridized carbons (Fsp3) is 0.222. The molecule has 1 aromatic carbocycles. The minimum atomic E-state index is -3.62. The molecule has 0 aliphatic heterocycles. The van der Waals surface area contributed by atoms with Crippen molar-refractivity contribution in [1.82, 2.24) is 0 Å². The summed E-state index contributed by atoms with van der Waals surface area (Å²) in [6, 6.07) is 3.60. The van der Waals surface area contributed by atoms with Crippen molar-refractivity contribution in [3.63, 3.8) is 0 Å². The molecule has 1 rings (SSSR count). The second-order valence-electron chi connectivity index (χ2n) is 3.19. The Hall–Kier alpha value is -1.63. The zero-order chi connectivity index (χ0) is 12.3. The lowest BCUT2D eigenvalue weighted by Crippen LogP contribution is -2.07. The van der Waals surface area contributed by atoms with Gasteiger partial charge in [0, 0.05) is 23.4 Å². The third kappa shape index (κ3) is 2.93. The van der Waals surface area contributed by atoms with Crippen molar-refractivity contribution in [2.75, 3.05) is 11.6 Å². The highest BCUT2D eigenvalue weighted by atomic mass is 32.2. The van der Waals surface area contributed by atoms with Crippen LogP contribution in [0.2, 0.25) is 0 Å². The molecule has 88 valence electrons. The van der Waals surface area contributed by atoms with Crippen LogP contribution >= 0.6 is 0 Å². The molecule has 0 saturated heterocycles. The van der Waals surface area contributed by atoms with Gasteiger partial charge < -0.3 is 5.32 Å². The van der Waals surface area contributed by atoms with Gasteiger partial charge >= 0.3 is 0 Å². The standard InChI is InChI=1S/C9H10FNO4S/c1-6(12)11-7-3-4-8(15-10)9(5-7)16(2,13)14/h3-5H,1-2H3,(H,11,12). The molecule has 0 unspecified atom stereocenters. The van der Waals surface area contributed by atoms with Crippen molar-refractivity contribution >= 4 is 21.4 Å². The van der Waals surface area contributed by atoms with Crippen LogP contribution in [-0.2, 0) is 14.6 Å². The Labute approximate surface area is 92.0 Å². The Bertz CT molecular complexity index is 512. The predicted octanol–water partition coefficient (Wildman–Crippen LogP) is 1.31. The highest BCUT2D eigenvalue weighted by molar-refractivity contribution is 7.90. The summed E-state index contributed by atoms with van der Waals surface area (Å²) in [7, 11) is -3.62. The number of hydrogen-bond acceptors (Lipinski definition) is 4. The molecule has 5 nitrogen and oxygen atoms in total. The molecule has 0 bridgehead atoms. The molecule has 7 heteroatoms. The van der Waals surface area contributed by atoms with Gasteiger partial charge in [0.25, 0.3) is 0 Å². The average molecular weight is 247 g/mol. The molecule has 0 radical (unpaired) electrons. The molecular formula is C9H10FNO4S. The Balaban J connectivity index is 3.27. The summed E-state index contributed by atoms with van der Waals surface area (Å²) >= 11 is 0. The lowest BCUT2D eigenvalue weighted by atomic mass is 10.3. The monoisotopic (exact) mass is 247 g/mol. The van der Waals surface area contributed by atoms with E-state index < -0.39 is 15.6 Å². The number of carbonyl (C=O) groups is 1. The van der Waals surface area contributed by atoms with E-state index >= 15 is 0 Å². The first-order valence-electron chi connectivity index (χ1n) is 4.25. The third-order valence-corrected chi connectivity index (χ3v) is 2.86. The van der Waals surface area contributed by atoms with E-state index in [1.165, 1.54) is 13.0 Å². The van der Waals surface area contributed by atoms with Crippen LogP contribution in [0.5, 0.6) is 5.75 Å². The Morgan fingerprint density at radius 1 is 1.44 bits per heavy atom. The van der Waals surface area contributed by atoms with Crippen LogP contribution in [-0.4, -0.2) is 20.6 Å². The minimum Gasteiger partial charge on any atom is -0.326 e. The van der Waals surface area contributed by atoms with Crippen LogP contribution in [0.1, 0.15) is 6.92 Å². The van der Waals surface area contributed by atoms with E-state index in [1.54, 1.807) is 0 Å². The molecule has 0 spiro atoms. The van der Waals surface area contributed by atoms with E-state index in [-0.39, 0.29) is 16.5 Å². The number of rotatable bonds is 3. The summed E-state index contributed by atoms with van der Waals surface area (Å²) in [5.41, 5.74) is 0.258. The number of sulfone groups is 1. The van der Waals surface area contributed by atoms with Gasteiger partial charge in [0.15, 0.2) is 15.6 Å². The van der Waals surface area contributed by atoms with E-state index in [9.17, 15) is 17.7 Å². The van der Waals surface area contributed by atoms with Gasteiger partial charge in [0.2, 0.25) is 5.91 Å². The first-order valence-corrected chi connectivity index (χ1v) is 6.14. The van der Waals surface area contributed by atoms with Crippen LogP contribution < -0.4 is 10.3 Å². The summed E-state index contributed by atoms with van der Waals surface area (Å²) in [5.74, 6) is -0.759. The minimum absolute atomic E-state index is 0.258. The number of amides is 1. The van der Waals surface area contributed by atoms with Gasteiger partial charge in [-0.2, -0.15) is 0 Å². The molecule has 0 aromatic heterocycles. The second-order valence-corrected chi connectivity index (χ2v) is 5.18. The quantitative estimate of drug-likeness (QED) is 0.874. The molecule has 16 heavy (non-hydrogen) atoms. The zero-order valence-corrected chi connectivity index (χ0v) is 9.47. The summed E-state index contributed by atoms with van der Waals surface area (Å²) < 4.78 is 34.6. The van der Waals surface area contributed by atoms with Crippen molar-refractivity contribution in [2.45, 2.75) is 11.8 Å². The van der Waals surface area contributed by atoms with Gasteiger partial charge in [-0.25, -0.2) is 8.42 Å². The molecule has 0 aliphatic rings. The molecule has 1 aromatic rings. The third-order valence-electron chi connectivity index (χ3n) is 1.75. The number of nitrogens with one attached hydrogen (secondary N) is 1. The predicted molar refractivity (Wildman–Crippen MR) is 55.6 cm³/mol. The lowest BCUT2D eigenvalue weighted by Gasteiger charge is -2.06. The Morgan fingerprint density at radius 3 is 2.50 bits per heavy atom. The molecule has 0 heterocycles. The fourth-order valence-electron chi connectivity index (χ4n) is 1.14. The van der Waals surface area contributed by atoms with Crippen LogP contribution in [0.3, 0.4) is 0 Å². The smallest absolute Gasteiger partial charge is 0.221 e. The number of anilines is 1. The zero-order valence-electron chi connectivity index (χ0n) is 8.65. The summed E-state index contributed by atoms with van der Waals surface area (Å²) in [6.45, 7) is 1.28. The van der Waals surface area contributed by atoms with E-state index in [0.717, 1.165) is 18.4 Å². The average Bonchev–Trinajstić information content (AvgIpc) is 2.15. The topological polar surface area (TPSA) is 72.5 Å². The molecule has 0 fully saturated rings. The van der Waals surface area contributed by atoms with Crippen LogP contribution in [0.4, 0.5) is 10.2 Å². The normalized spacial score (nSPS) is 10.9. The molecule has 0 saturated carbocycles. The maximum Gasteiger partial charge on any atom is 0.221 e. The maximum absolute atomic E-state index is 12.1. The van der Waals surface area contributed by atoms with E-state index in [1.807, 2.05) is 0 Å². The maximum atomic E-state index is 12.1. The summed E-state index contributed by atoms with van der Waals surface area (Å²) in [5, 5.41) is 2.39. The summed E-state index contributed by atoms with van der Waals surface area (Å²) in [6.07, 6.45) is 0.919. The number of halogens is 1. The Kier molecular flexibility index (Phi) is 3.48. The highest BCUT2D eigenvalue weighted by Crippen LogP contribution is 2.27. The molecule has 0 atom stereocenters. The van der Waals surface area contributed by atoms with Crippen molar-refractivity contribution in [3.8, 4) is 5.75 Å². The highest BCUT2D eigenvalue weighted by Gasteiger charge is 2.16. The van der Waals surface area contributed by atoms with Gasteiger partial charge in [-0.3, -0.25) is 9.74 Å². The van der Waals surface area contributed by atoms with Gasteiger partial charge in [-0.1, -0.05) is 0 Å². The second kappa shape index (κ2) is 4.48. The van der Waals surface area contributed by atoms with Crippen LogP contribution in [0, 0.1) is 0 Å². The largest absolute Gasteiger partial charge is 0.326 e. The van der Waals surface area contributed by atoms with Gasteiger partial charge in [-0.05, 0) is 18.2 Å². The van der Waals surface area contributed by atoms with Crippen LogP contribution in [0.25, 0.3) is 0 Å². The first kappa shape index (κ1) is 12.4. The molecule has 1 N–H and O–H groups in total. The summed E-state index contributed by atoms with van der Waals surface area (Å²) in [4.78, 5) is 13.9. The van der Waals surface area contributed by atoms with E-state index in [2.05, 4.69) is 10.3 Å². The molecule has 0 aliphatic carbocycles. The lowest BCUT2D eigenvalue weighted by molar-refractivity contribution is -0.114. The van der Waals surface area contributed by atoms with Crippen molar-refractivity contribution < 1.29 is 22.7 Å². The van der Waals surface area contributed by atoms with Crippen LogP contribution in [0.15, 0.2) is 23.1 Å². The number of benzene rings is 1. The number of carbonyl (C=O) groups excluding carboxylic acids is 1. The van der Waals surface area contributed by atoms with Gasteiger partial charge in [0.1, 0.15) is 4.90 Å². The van der Waals surface area contributed by atoms with Crippen molar-refractivity contribution in [3.05, 3.63) is 18.2 Å². The van der Waals surface area contributed by atoms with Gasteiger partial charge in [-0.15, -0.1) is 0 Å².